The van der Waals surface area contributed by atoms with Gasteiger partial charge in [-0.2, -0.15) is 0 Å². The van der Waals surface area contributed by atoms with Crippen molar-refractivity contribution in [3.05, 3.63) is 64.4 Å². The van der Waals surface area contributed by atoms with Crippen molar-refractivity contribution < 1.29 is 9.18 Å². The van der Waals surface area contributed by atoms with Gasteiger partial charge in [-0.25, -0.2) is 4.39 Å². The van der Waals surface area contributed by atoms with E-state index in [1.807, 2.05) is 25.1 Å². The van der Waals surface area contributed by atoms with Gasteiger partial charge in [0.2, 0.25) is 5.91 Å². The molecular formula is C17H18ClFN2O. The zero-order valence-corrected chi connectivity index (χ0v) is 13.3. The molecule has 0 aliphatic carbocycles. The van der Waals surface area contributed by atoms with Crippen LogP contribution in [0.5, 0.6) is 0 Å². The van der Waals surface area contributed by atoms with E-state index in [0.717, 1.165) is 16.8 Å². The Morgan fingerprint density at radius 3 is 2.55 bits per heavy atom. The minimum absolute atomic E-state index is 0.0685. The summed E-state index contributed by atoms with van der Waals surface area (Å²) in [6, 6.07) is 11.7. The van der Waals surface area contributed by atoms with Crippen LogP contribution in [0.3, 0.4) is 0 Å². The zero-order chi connectivity index (χ0) is 16.1. The molecule has 0 aliphatic rings. The number of benzene rings is 2. The van der Waals surface area contributed by atoms with Crippen molar-refractivity contribution in [2.24, 2.45) is 0 Å². The second kappa shape index (κ2) is 7.27. The van der Waals surface area contributed by atoms with E-state index in [9.17, 15) is 9.18 Å². The molecule has 0 unspecified atom stereocenters. The molecule has 0 aliphatic heterocycles. The summed E-state index contributed by atoms with van der Waals surface area (Å²) in [5, 5.41) is 3.62. The topological polar surface area (TPSA) is 32.3 Å². The number of carbonyl (C=O) groups is 1. The van der Waals surface area contributed by atoms with Crippen molar-refractivity contribution >= 4 is 23.2 Å². The molecule has 116 valence electrons. The van der Waals surface area contributed by atoms with E-state index in [4.69, 9.17) is 11.6 Å². The molecular weight excluding hydrogens is 303 g/mol. The van der Waals surface area contributed by atoms with Crippen molar-refractivity contribution in [1.29, 1.82) is 0 Å². The normalized spacial score (nSPS) is 10.4. The van der Waals surface area contributed by atoms with Crippen molar-refractivity contribution in [2.45, 2.75) is 13.5 Å². The quantitative estimate of drug-likeness (QED) is 0.907. The van der Waals surface area contributed by atoms with Crippen LogP contribution in [0.2, 0.25) is 5.02 Å². The number of halogens is 2. The van der Waals surface area contributed by atoms with Gasteiger partial charge in [-0.15, -0.1) is 0 Å². The van der Waals surface area contributed by atoms with Crippen LogP contribution in [-0.2, 0) is 11.3 Å². The van der Waals surface area contributed by atoms with E-state index >= 15 is 0 Å². The maximum absolute atomic E-state index is 12.9. The van der Waals surface area contributed by atoms with Gasteiger partial charge in [0.1, 0.15) is 5.82 Å². The SMILES string of the molecule is Cc1ccc(NCC(=O)N(C)Cc2ccc(F)cc2)c(Cl)c1. The number of anilines is 1. The number of hydrogen-bond donors (Lipinski definition) is 1. The molecule has 0 saturated heterocycles. The Kier molecular flexibility index (Phi) is 5.39. The highest BCUT2D eigenvalue weighted by Crippen LogP contribution is 2.22. The van der Waals surface area contributed by atoms with E-state index in [-0.39, 0.29) is 18.3 Å². The molecule has 22 heavy (non-hydrogen) atoms. The van der Waals surface area contributed by atoms with Gasteiger partial charge in [0.05, 0.1) is 17.3 Å². The van der Waals surface area contributed by atoms with Crippen LogP contribution in [0.4, 0.5) is 10.1 Å². The Labute approximate surface area is 134 Å². The standard InChI is InChI=1S/C17H18ClFN2O/c1-12-3-8-16(15(18)9-12)20-10-17(22)21(2)11-13-4-6-14(19)7-5-13/h3-9,20H,10-11H2,1-2H3. The fraction of sp³-hybridized carbons (Fsp3) is 0.235. The third-order valence-electron chi connectivity index (χ3n) is 3.31. The van der Waals surface area contributed by atoms with E-state index in [0.29, 0.717) is 11.6 Å². The van der Waals surface area contributed by atoms with Crippen LogP contribution in [0.25, 0.3) is 0 Å². The first-order chi connectivity index (χ1) is 10.5. The monoisotopic (exact) mass is 320 g/mol. The molecule has 1 N–H and O–H groups in total. The first-order valence-corrected chi connectivity index (χ1v) is 7.32. The predicted molar refractivity (Wildman–Crippen MR) is 87.6 cm³/mol. The predicted octanol–water partition coefficient (Wildman–Crippen LogP) is 3.86. The summed E-state index contributed by atoms with van der Waals surface area (Å²) in [6.45, 7) is 2.54. The fourth-order valence-corrected chi connectivity index (χ4v) is 2.32. The average Bonchev–Trinajstić information content (AvgIpc) is 2.48. The summed E-state index contributed by atoms with van der Waals surface area (Å²) in [7, 11) is 1.71. The molecule has 0 aromatic heterocycles. The molecule has 1 amide bonds. The Bertz CT molecular complexity index is 658. The van der Waals surface area contributed by atoms with Crippen molar-refractivity contribution in [3.63, 3.8) is 0 Å². The average molecular weight is 321 g/mol. The zero-order valence-electron chi connectivity index (χ0n) is 12.6. The van der Waals surface area contributed by atoms with Gasteiger partial charge >= 0.3 is 0 Å². The molecule has 2 aromatic rings. The number of aryl methyl sites for hydroxylation is 1. The Morgan fingerprint density at radius 1 is 1.23 bits per heavy atom. The Morgan fingerprint density at radius 2 is 1.91 bits per heavy atom. The summed E-state index contributed by atoms with van der Waals surface area (Å²) in [6.07, 6.45) is 0. The number of hydrogen-bond acceptors (Lipinski definition) is 2. The molecule has 0 radical (unpaired) electrons. The lowest BCUT2D eigenvalue weighted by Gasteiger charge is -2.18. The molecule has 3 nitrogen and oxygen atoms in total. The van der Waals surface area contributed by atoms with E-state index in [1.165, 1.54) is 12.1 Å². The van der Waals surface area contributed by atoms with Gasteiger partial charge in [0, 0.05) is 13.6 Å². The molecule has 0 atom stereocenters. The summed E-state index contributed by atoms with van der Waals surface area (Å²) < 4.78 is 12.9. The third kappa shape index (κ3) is 4.46. The largest absolute Gasteiger partial charge is 0.375 e. The van der Waals surface area contributed by atoms with Gasteiger partial charge in [0.25, 0.3) is 0 Å². The summed E-state index contributed by atoms with van der Waals surface area (Å²) in [5.74, 6) is -0.352. The number of carbonyl (C=O) groups excluding carboxylic acids is 1. The number of nitrogens with one attached hydrogen (secondary N) is 1. The van der Waals surface area contributed by atoms with Gasteiger partial charge in [-0.05, 0) is 42.3 Å². The van der Waals surface area contributed by atoms with Crippen LogP contribution < -0.4 is 5.32 Å². The highest BCUT2D eigenvalue weighted by Gasteiger charge is 2.10. The molecule has 0 saturated carbocycles. The van der Waals surface area contributed by atoms with Crippen molar-refractivity contribution in [3.8, 4) is 0 Å². The summed E-state index contributed by atoms with van der Waals surface area (Å²) >= 11 is 6.11. The van der Waals surface area contributed by atoms with Crippen LogP contribution in [0.15, 0.2) is 42.5 Å². The minimum Gasteiger partial charge on any atom is -0.375 e. The molecule has 0 bridgehead atoms. The van der Waals surface area contributed by atoms with Crippen LogP contribution >= 0.6 is 11.6 Å². The van der Waals surface area contributed by atoms with Crippen LogP contribution in [0.1, 0.15) is 11.1 Å². The highest BCUT2D eigenvalue weighted by atomic mass is 35.5. The number of nitrogens with zero attached hydrogens (tertiary/aromatic N) is 1. The van der Waals surface area contributed by atoms with Gasteiger partial charge in [0.15, 0.2) is 0 Å². The molecule has 0 heterocycles. The Balaban J connectivity index is 1.89. The molecule has 2 aromatic carbocycles. The van der Waals surface area contributed by atoms with Crippen LogP contribution in [-0.4, -0.2) is 24.4 Å². The lowest BCUT2D eigenvalue weighted by Crippen LogP contribution is -2.31. The molecule has 0 fully saturated rings. The number of amides is 1. The van der Waals surface area contributed by atoms with E-state index < -0.39 is 0 Å². The van der Waals surface area contributed by atoms with Crippen LogP contribution in [0, 0.1) is 12.7 Å². The maximum atomic E-state index is 12.9. The smallest absolute Gasteiger partial charge is 0.241 e. The minimum atomic E-state index is -0.284. The third-order valence-corrected chi connectivity index (χ3v) is 3.63. The first-order valence-electron chi connectivity index (χ1n) is 6.94. The molecule has 2 rings (SSSR count). The lowest BCUT2D eigenvalue weighted by atomic mass is 10.2. The van der Waals surface area contributed by atoms with Gasteiger partial charge < -0.3 is 10.2 Å². The molecule has 5 heteroatoms. The second-order valence-electron chi connectivity index (χ2n) is 5.21. The van der Waals surface area contributed by atoms with Crippen molar-refractivity contribution in [2.75, 3.05) is 18.9 Å². The maximum Gasteiger partial charge on any atom is 0.241 e. The fourth-order valence-electron chi connectivity index (χ4n) is 2.02. The lowest BCUT2D eigenvalue weighted by molar-refractivity contribution is -0.128. The van der Waals surface area contributed by atoms with E-state index in [1.54, 1.807) is 24.1 Å². The van der Waals surface area contributed by atoms with E-state index in [2.05, 4.69) is 5.32 Å². The summed E-state index contributed by atoms with van der Waals surface area (Å²) in [4.78, 5) is 13.7. The first kappa shape index (κ1) is 16.3. The molecule has 0 spiro atoms. The Hall–Kier alpha value is -2.07. The number of rotatable bonds is 5. The number of likely N-dealkylation sites (N-methyl/N-ethyl adjacent to an activating group) is 1. The highest BCUT2D eigenvalue weighted by molar-refractivity contribution is 6.33. The van der Waals surface area contributed by atoms with Crippen molar-refractivity contribution in [1.82, 2.24) is 4.90 Å². The summed E-state index contributed by atoms with van der Waals surface area (Å²) in [5.41, 5.74) is 2.68. The van der Waals surface area contributed by atoms with Gasteiger partial charge in [-0.1, -0.05) is 29.8 Å². The second-order valence-corrected chi connectivity index (χ2v) is 5.62. The van der Waals surface area contributed by atoms with Gasteiger partial charge in [-0.3, -0.25) is 4.79 Å².